The van der Waals surface area contributed by atoms with Gasteiger partial charge in [-0.15, -0.1) is 0 Å². The Labute approximate surface area is 142 Å². The van der Waals surface area contributed by atoms with E-state index in [-0.39, 0.29) is 6.61 Å². The predicted molar refractivity (Wildman–Crippen MR) is 101 cm³/mol. The topological polar surface area (TPSA) is 29.5 Å². The molecule has 2 rings (SSSR count). The molecule has 0 aliphatic carbocycles. The molecule has 0 heterocycles. The van der Waals surface area contributed by atoms with Crippen LogP contribution in [0.3, 0.4) is 0 Å². The van der Waals surface area contributed by atoms with Gasteiger partial charge in [-0.25, -0.2) is 0 Å². The molecule has 0 unspecified atom stereocenters. The minimum Gasteiger partial charge on any atom is -0.413 e. The highest BCUT2D eigenvalue weighted by atomic mass is 28.4. The van der Waals surface area contributed by atoms with Crippen molar-refractivity contribution in [1.82, 2.24) is 0 Å². The number of rotatable bonds is 4. The Balaban J connectivity index is 0.000000277. The molecule has 0 radical (unpaired) electrons. The molecule has 2 aromatic carbocycles. The van der Waals surface area contributed by atoms with Crippen LogP contribution in [0.1, 0.15) is 31.9 Å². The van der Waals surface area contributed by atoms with Crippen LogP contribution in [0.5, 0.6) is 0 Å². The molecule has 3 heteroatoms. The van der Waals surface area contributed by atoms with Crippen molar-refractivity contribution in [3.63, 3.8) is 0 Å². The summed E-state index contributed by atoms with van der Waals surface area (Å²) in [5, 5.41) is 8.83. The summed E-state index contributed by atoms with van der Waals surface area (Å²) >= 11 is 0. The third-order valence-corrected chi connectivity index (χ3v) is 8.75. The maximum atomic E-state index is 8.54. The zero-order valence-electron chi connectivity index (χ0n) is 15.0. The largest absolute Gasteiger partial charge is 0.413 e. The zero-order chi connectivity index (χ0) is 17.3. The second-order valence-electron chi connectivity index (χ2n) is 7.18. The van der Waals surface area contributed by atoms with Crippen molar-refractivity contribution in [3.8, 4) is 0 Å². The van der Waals surface area contributed by atoms with Gasteiger partial charge in [0.2, 0.25) is 0 Å². The van der Waals surface area contributed by atoms with Gasteiger partial charge in [0.15, 0.2) is 8.32 Å². The lowest BCUT2D eigenvalue weighted by atomic mass is 10.2. The number of aliphatic hydroxyl groups is 1. The summed E-state index contributed by atoms with van der Waals surface area (Å²) in [6.45, 7) is 12.3. The highest BCUT2D eigenvalue weighted by Crippen LogP contribution is 2.36. The standard InChI is InChI=1S/C13H22OSi.C7H8O/c1-13(2,3)15(4,5)14-11-12-9-7-6-8-10-12;8-6-7-4-2-1-3-5-7/h6-10H,11H2,1-5H3;1-5,8H,6H2. The first kappa shape index (κ1) is 19.6. The number of aliphatic hydroxyl groups excluding tert-OH is 1. The lowest BCUT2D eigenvalue weighted by molar-refractivity contribution is 0.276. The van der Waals surface area contributed by atoms with Crippen LogP contribution in [-0.2, 0) is 17.6 Å². The Bertz CT molecular complexity index is 545. The third kappa shape index (κ3) is 7.12. The minimum absolute atomic E-state index is 0.140. The SMILES string of the molecule is CC(C)(C)[Si](C)(C)OCc1ccccc1.OCc1ccccc1. The van der Waals surface area contributed by atoms with Crippen molar-refractivity contribution >= 4 is 8.32 Å². The molecular weight excluding hydrogens is 300 g/mol. The normalized spacial score (nSPS) is 11.6. The molecule has 0 atom stereocenters. The van der Waals surface area contributed by atoms with Crippen molar-refractivity contribution in [2.45, 2.75) is 52.1 Å². The molecule has 23 heavy (non-hydrogen) atoms. The molecule has 0 aliphatic rings. The molecule has 126 valence electrons. The summed E-state index contributed by atoms with van der Waals surface area (Å²) in [5.41, 5.74) is 2.23. The maximum absolute atomic E-state index is 8.54. The van der Waals surface area contributed by atoms with Crippen LogP contribution in [0, 0.1) is 0 Å². The fraction of sp³-hybridized carbons (Fsp3) is 0.400. The van der Waals surface area contributed by atoms with Gasteiger partial charge in [0, 0.05) is 0 Å². The van der Waals surface area contributed by atoms with Gasteiger partial charge in [-0.05, 0) is 29.3 Å². The van der Waals surface area contributed by atoms with E-state index in [0.29, 0.717) is 5.04 Å². The first-order valence-corrected chi connectivity index (χ1v) is 11.0. The lowest BCUT2D eigenvalue weighted by Crippen LogP contribution is -2.40. The average Bonchev–Trinajstić information content (AvgIpc) is 2.54. The molecule has 0 spiro atoms. The van der Waals surface area contributed by atoms with E-state index in [1.54, 1.807) is 0 Å². The Morgan fingerprint density at radius 2 is 1.26 bits per heavy atom. The van der Waals surface area contributed by atoms with Crippen molar-refractivity contribution in [2.75, 3.05) is 0 Å². The second-order valence-corrected chi connectivity index (χ2v) is 12.0. The van der Waals surface area contributed by atoms with E-state index in [2.05, 4.69) is 58.1 Å². The fourth-order valence-corrected chi connectivity index (χ4v) is 2.60. The number of benzene rings is 2. The van der Waals surface area contributed by atoms with Crippen LogP contribution < -0.4 is 0 Å². The summed E-state index contributed by atoms with van der Waals surface area (Å²) in [6.07, 6.45) is 0. The Hall–Kier alpha value is -1.42. The molecule has 0 saturated carbocycles. The van der Waals surface area contributed by atoms with Gasteiger partial charge in [0.1, 0.15) is 0 Å². The van der Waals surface area contributed by atoms with Crippen LogP contribution in [-0.4, -0.2) is 13.4 Å². The number of hydrogen-bond acceptors (Lipinski definition) is 2. The van der Waals surface area contributed by atoms with E-state index in [9.17, 15) is 0 Å². The van der Waals surface area contributed by atoms with Gasteiger partial charge >= 0.3 is 0 Å². The zero-order valence-corrected chi connectivity index (χ0v) is 16.0. The molecule has 1 N–H and O–H groups in total. The van der Waals surface area contributed by atoms with Gasteiger partial charge in [0.05, 0.1) is 13.2 Å². The van der Waals surface area contributed by atoms with Gasteiger partial charge in [-0.1, -0.05) is 81.4 Å². The van der Waals surface area contributed by atoms with E-state index in [4.69, 9.17) is 9.53 Å². The van der Waals surface area contributed by atoms with Crippen molar-refractivity contribution in [1.29, 1.82) is 0 Å². The van der Waals surface area contributed by atoms with Crippen LogP contribution in [0.25, 0.3) is 0 Å². The first-order chi connectivity index (χ1) is 10.8. The molecule has 0 amide bonds. The van der Waals surface area contributed by atoms with Gasteiger partial charge < -0.3 is 9.53 Å². The predicted octanol–water partition coefficient (Wildman–Crippen LogP) is 5.39. The lowest BCUT2D eigenvalue weighted by Gasteiger charge is -2.36. The summed E-state index contributed by atoms with van der Waals surface area (Å²) in [6, 6.07) is 19.9. The molecule has 0 fully saturated rings. The maximum Gasteiger partial charge on any atom is 0.192 e. The molecule has 0 saturated heterocycles. The summed E-state index contributed by atoms with van der Waals surface area (Å²) in [7, 11) is -1.59. The van der Waals surface area contributed by atoms with E-state index >= 15 is 0 Å². The van der Waals surface area contributed by atoms with Crippen molar-refractivity contribution in [3.05, 3.63) is 71.8 Å². The second kappa shape index (κ2) is 9.01. The Morgan fingerprint density at radius 3 is 1.61 bits per heavy atom. The molecule has 0 aliphatic heterocycles. The van der Waals surface area contributed by atoms with Gasteiger partial charge in [-0.2, -0.15) is 0 Å². The summed E-state index contributed by atoms with van der Waals surface area (Å²) < 4.78 is 6.12. The van der Waals surface area contributed by atoms with Crippen LogP contribution in [0.15, 0.2) is 60.7 Å². The first-order valence-electron chi connectivity index (χ1n) is 8.09. The molecule has 0 aromatic heterocycles. The molecule has 0 bridgehead atoms. The quantitative estimate of drug-likeness (QED) is 0.762. The van der Waals surface area contributed by atoms with E-state index in [1.165, 1.54) is 5.56 Å². The van der Waals surface area contributed by atoms with E-state index in [0.717, 1.165) is 12.2 Å². The molecule has 2 nitrogen and oxygen atoms in total. The van der Waals surface area contributed by atoms with Crippen molar-refractivity contribution in [2.24, 2.45) is 0 Å². The van der Waals surface area contributed by atoms with Crippen LogP contribution >= 0.6 is 0 Å². The smallest absolute Gasteiger partial charge is 0.192 e. The summed E-state index contributed by atoms with van der Waals surface area (Å²) in [4.78, 5) is 0. The summed E-state index contributed by atoms with van der Waals surface area (Å²) in [5.74, 6) is 0. The van der Waals surface area contributed by atoms with E-state index < -0.39 is 8.32 Å². The molecule has 2 aromatic rings. The van der Waals surface area contributed by atoms with Crippen LogP contribution in [0.4, 0.5) is 0 Å². The average molecular weight is 331 g/mol. The number of hydrogen-bond donors (Lipinski definition) is 1. The van der Waals surface area contributed by atoms with E-state index in [1.807, 2.05) is 36.4 Å². The highest BCUT2D eigenvalue weighted by Gasteiger charge is 2.36. The fourth-order valence-electron chi connectivity index (χ4n) is 1.64. The Kier molecular flexibility index (Phi) is 7.69. The van der Waals surface area contributed by atoms with Gasteiger partial charge in [-0.3, -0.25) is 0 Å². The van der Waals surface area contributed by atoms with Crippen molar-refractivity contribution < 1.29 is 9.53 Å². The van der Waals surface area contributed by atoms with Crippen LogP contribution in [0.2, 0.25) is 18.1 Å². The third-order valence-electron chi connectivity index (χ3n) is 4.27. The monoisotopic (exact) mass is 330 g/mol. The highest BCUT2D eigenvalue weighted by molar-refractivity contribution is 6.74. The minimum atomic E-state index is -1.59. The molecular formula is C20H30O2Si. The van der Waals surface area contributed by atoms with Gasteiger partial charge in [0.25, 0.3) is 0 Å². The Morgan fingerprint density at radius 1 is 0.826 bits per heavy atom.